The smallest absolute Gasteiger partial charge is 0.295 e. The van der Waals surface area contributed by atoms with Gasteiger partial charge in [-0.25, -0.2) is 0 Å². The van der Waals surface area contributed by atoms with E-state index in [9.17, 15) is 14.7 Å². The number of benzene rings is 3. The minimum Gasteiger partial charge on any atom is -0.507 e. The summed E-state index contributed by atoms with van der Waals surface area (Å²) < 4.78 is 0. The van der Waals surface area contributed by atoms with Gasteiger partial charge >= 0.3 is 0 Å². The lowest BCUT2D eigenvalue weighted by Gasteiger charge is -2.26. The molecule has 3 aromatic carbocycles. The third kappa shape index (κ3) is 4.53. The van der Waals surface area contributed by atoms with E-state index in [-0.39, 0.29) is 11.3 Å². The first-order chi connectivity index (χ1) is 15.9. The van der Waals surface area contributed by atoms with Gasteiger partial charge in [0.1, 0.15) is 5.76 Å². The Morgan fingerprint density at radius 2 is 1.55 bits per heavy atom. The van der Waals surface area contributed by atoms with Crippen molar-refractivity contribution in [2.45, 2.75) is 19.4 Å². The molecule has 1 N–H and O–H groups in total. The number of carbonyl (C=O) groups is 2. The van der Waals surface area contributed by atoms with E-state index in [2.05, 4.69) is 0 Å². The van der Waals surface area contributed by atoms with Crippen LogP contribution >= 0.6 is 0 Å². The van der Waals surface area contributed by atoms with Crippen LogP contribution in [0.1, 0.15) is 28.3 Å². The number of aryl methyl sites for hydroxylation is 1. The lowest BCUT2D eigenvalue weighted by molar-refractivity contribution is -0.139. The van der Waals surface area contributed by atoms with E-state index in [0.717, 1.165) is 22.4 Å². The number of aliphatic hydroxyl groups is 1. The van der Waals surface area contributed by atoms with E-state index < -0.39 is 17.7 Å². The second-order valence-corrected chi connectivity index (χ2v) is 8.58. The van der Waals surface area contributed by atoms with Gasteiger partial charge < -0.3 is 14.9 Å². The molecule has 0 aliphatic carbocycles. The molecule has 4 rings (SSSR count). The molecule has 1 fully saturated rings. The highest BCUT2D eigenvalue weighted by Gasteiger charge is 2.45. The zero-order valence-corrected chi connectivity index (χ0v) is 19.2. The fourth-order valence-electron chi connectivity index (χ4n) is 4.17. The number of anilines is 1. The Balaban J connectivity index is 1.78. The van der Waals surface area contributed by atoms with Crippen LogP contribution in [0.15, 0.2) is 84.4 Å². The molecule has 1 unspecified atom stereocenters. The summed E-state index contributed by atoms with van der Waals surface area (Å²) in [6.45, 7) is 2.33. The molecule has 5 heteroatoms. The molecule has 1 aliphatic rings. The molecule has 1 saturated heterocycles. The molecule has 0 saturated carbocycles. The summed E-state index contributed by atoms with van der Waals surface area (Å²) in [7, 11) is 3.91. The zero-order valence-electron chi connectivity index (χ0n) is 19.2. The summed E-state index contributed by atoms with van der Waals surface area (Å²) in [6.07, 6.45) is 0.616. The SMILES string of the molecule is Cc1ccc(/C(O)=C2\C(=O)C(=O)N(CCc3ccccc3)C2c2ccc(N(C)C)cc2)cc1. The van der Waals surface area contributed by atoms with E-state index in [1.54, 1.807) is 17.0 Å². The van der Waals surface area contributed by atoms with Crippen molar-refractivity contribution in [3.05, 3.63) is 107 Å². The number of likely N-dealkylation sites (tertiary alicyclic amines) is 1. The third-order valence-electron chi connectivity index (χ3n) is 6.07. The number of aliphatic hydroxyl groups excluding tert-OH is 1. The van der Waals surface area contributed by atoms with Crippen molar-refractivity contribution in [1.82, 2.24) is 4.90 Å². The first-order valence-corrected chi connectivity index (χ1v) is 11.0. The maximum atomic E-state index is 13.2. The third-order valence-corrected chi connectivity index (χ3v) is 6.07. The van der Waals surface area contributed by atoms with Crippen molar-refractivity contribution in [2.75, 3.05) is 25.5 Å². The first-order valence-electron chi connectivity index (χ1n) is 11.0. The summed E-state index contributed by atoms with van der Waals surface area (Å²) in [4.78, 5) is 29.8. The number of hydrogen-bond donors (Lipinski definition) is 1. The van der Waals surface area contributed by atoms with Gasteiger partial charge in [0.15, 0.2) is 0 Å². The maximum absolute atomic E-state index is 13.2. The zero-order chi connectivity index (χ0) is 23.5. The molecule has 3 aromatic rings. The predicted molar refractivity (Wildman–Crippen MR) is 131 cm³/mol. The molecule has 0 bridgehead atoms. The van der Waals surface area contributed by atoms with Crippen molar-refractivity contribution >= 4 is 23.1 Å². The van der Waals surface area contributed by atoms with Crippen molar-refractivity contribution in [2.24, 2.45) is 0 Å². The van der Waals surface area contributed by atoms with Gasteiger partial charge in [0.2, 0.25) is 0 Å². The Labute approximate surface area is 194 Å². The fourth-order valence-corrected chi connectivity index (χ4v) is 4.17. The molecule has 0 radical (unpaired) electrons. The van der Waals surface area contributed by atoms with Crippen LogP contribution in [0.25, 0.3) is 5.76 Å². The van der Waals surface area contributed by atoms with Gasteiger partial charge in [-0.15, -0.1) is 0 Å². The van der Waals surface area contributed by atoms with Gasteiger partial charge in [0, 0.05) is 31.9 Å². The second-order valence-electron chi connectivity index (χ2n) is 8.58. The number of ketones is 1. The topological polar surface area (TPSA) is 60.9 Å². The molecule has 1 amide bonds. The summed E-state index contributed by atoms with van der Waals surface area (Å²) in [5.74, 6) is -1.37. The Hall–Kier alpha value is -3.86. The molecule has 1 aliphatic heterocycles. The molecular weight excluding hydrogens is 412 g/mol. The standard InChI is InChI=1S/C28H28N2O3/c1-19-9-11-22(12-10-19)26(31)24-25(21-13-15-23(16-14-21)29(2)3)30(28(33)27(24)32)18-17-20-7-5-4-6-8-20/h4-16,25,31H,17-18H2,1-3H3/b26-24+. The Morgan fingerprint density at radius 3 is 2.15 bits per heavy atom. The van der Waals surface area contributed by atoms with Crippen LogP contribution in [0.3, 0.4) is 0 Å². The van der Waals surface area contributed by atoms with Gasteiger partial charge in [-0.3, -0.25) is 9.59 Å². The second kappa shape index (κ2) is 9.33. The van der Waals surface area contributed by atoms with E-state index >= 15 is 0 Å². The molecule has 168 valence electrons. The average molecular weight is 441 g/mol. The summed E-state index contributed by atoms with van der Waals surface area (Å²) in [6, 6.07) is 24.3. The van der Waals surface area contributed by atoms with Gasteiger partial charge in [-0.05, 0) is 36.6 Å². The highest BCUT2D eigenvalue weighted by molar-refractivity contribution is 6.46. The van der Waals surface area contributed by atoms with Crippen LogP contribution in [0.4, 0.5) is 5.69 Å². The highest BCUT2D eigenvalue weighted by Crippen LogP contribution is 2.39. The van der Waals surface area contributed by atoms with E-state index in [1.165, 1.54) is 0 Å². The number of Topliss-reactive ketones (excluding diaryl/α,β-unsaturated/α-hetero) is 1. The monoisotopic (exact) mass is 440 g/mol. The van der Waals surface area contributed by atoms with Gasteiger partial charge in [-0.2, -0.15) is 0 Å². The van der Waals surface area contributed by atoms with Crippen LogP contribution in [-0.4, -0.2) is 42.3 Å². The lowest BCUT2D eigenvalue weighted by Crippen LogP contribution is -2.31. The van der Waals surface area contributed by atoms with Crippen LogP contribution in [-0.2, 0) is 16.0 Å². The Morgan fingerprint density at radius 1 is 0.909 bits per heavy atom. The number of hydrogen-bond acceptors (Lipinski definition) is 4. The van der Waals surface area contributed by atoms with Crippen LogP contribution < -0.4 is 4.90 Å². The summed E-state index contributed by atoms with van der Waals surface area (Å²) >= 11 is 0. The van der Waals surface area contributed by atoms with Crippen molar-refractivity contribution < 1.29 is 14.7 Å². The van der Waals surface area contributed by atoms with Crippen LogP contribution in [0, 0.1) is 6.92 Å². The van der Waals surface area contributed by atoms with E-state index in [1.807, 2.05) is 92.6 Å². The summed E-state index contributed by atoms with van der Waals surface area (Å²) in [5.41, 5.74) is 4.59. The first kappa shape index (κ1) is 22.3. The van der Waals surface area contributed by atoms with E-state index in [0.29, 0.717) is 18.5 Å². The molecule has 1 atom stereocenters. The van der Waals surface area contributed by atoms with E-state index in [4.69, 9.17) is 0 Å². The molecule has 5 nitrogen and oxygen atoms in total. The average Bonchev–Trinajstić information content (AvgIpc) is 3.08. The Bertz CT molecular complexity index is 1180. The number of rotatable bonds is 6. The van der Waals surface area contributed by atoms with Crippen LogP contribution in [0.5, 0.6) is 0 Å². The molecular formula is C28H28N2O3. The van der Waals surface area contributed by atoms with Crippen molar-refractivity contribution in [1.29, 1.82) is 0 Å². The van der Waals surface area contributed by atoms with Gasteiger partial charge in [0.25, 0.3) is 11.7 Å². The number of carbonyl (C=O) groups excluding carboxylic acids is 2. The van der Waals surface area contributed by atoms with Crippen molar-refractivity contribution in [3.63, 3.8) is 0 Å². The fraction of sp³-hybridized carbons (Fsp3) is 0.214. The number of nitrogens with zero attached hydrogens (tertiary/aromatic N) is 2. The lowest BCUT2D eigenvalue weighted by atomic mass is 9.94. The van der Waals surface area contributed by atoms with Gasteiger partial charge in [-0.1, -0.05) is 72.3 Å². The largest absolute Gasteiger partial charge is 0.507 e. The number of amides is 1. The summed E-state index contributed by atoms with van der Waals surface area (Å²) in [5, 5.41) is 11.1. The molecule has 0 spiro atoms. The maximum Gasteiger partial charge on any atom is 0.295 e. The highest BCUT2D eigenvalue weighted by atomic mass is 16.3. The van der Waals surface area contributed by atoms with Crippen molar-refractivity contribution in [3.8, 4) is 0 Å². The Kier molecular flexibility index (Phi) is 6.31. The minimum atomic E-state index is -0.650. The minimum absolute atomic E-state index is 0.134. The molecule has 0 aromatic heterocycles. The predicted octanol–water partition coefficient (Wildman–Crippen LogP) is 4.73. The quantitative estimate of drug-likeness (QED) is 0.342. The molecule has 33 heavy (non-hydrogen) atoms. The van der Waals surface area contributed by atoms with Gasteiger partial charge in [0.05, 0.1) is 11.6 Å². The van der Waals surface area contributed by atoms with Crippen LogP contribution in [0.2, 0.25) is 0 Å². The molecule has 1 heterocycles. The normalized spacial score (nSPS) is 17.4.